The van der Waals surface area contributed by atoms with Crippen molar-refractivity contribution < 1.29 is 13.2 Å². The zero-order valence-electron chi connectivity index (χ0n) is 17.8. The maximum absolute atomic E-state index is 13.7. The van der Waals surface area contributed by atoms with E-state index in [1.807, 2.05) is 6.92 Å². The van der Waals surface area contributed by atoms with E-state index in [0.717, 1.165) is 24.6 Å². The number of halogens is 4. The lowest BCUT2D eigenvalue weighted by Crippen LogP contribution is -2.23. The Morgan fingerprint density at radius 3 is 2.47 bits per heavy atom. The number of nitrogen functional groups attached to an aromatic ring is 1. The highest BCUT2D eigenvalue weighted by molar-refractivity contribution is 6.35. The molecule has 3 N–H and O–H groups in total. The molecule has 0 fully saturated rings. The summed E-state index contributed by atoms with van der Waals surface area (Å²) >= 11 is 5.95. The topological polar surface area (TPSA) is 102 Å². The van der Waals surface area contributed by atoms with Crippen molar-refractivity contribution in [3.8, 4) is 5.69 Å². The number of nitrogens with two attached hydrogens (primary N) is 1. The van der Waals surface area contributed by atoms with Crippen LogP contribution in [0.25, 0.3) is 27.6 Å². The first-order chi connectivity index (χ1) is 16.3. The van der Waals surface area contributed by atoms with E-state index in [0.29, 0.717) is 34.5 Å². The molecule has 0 radical (unpaired) electrons. The molecule has 7 nitrogen and oxygen atoms in total. The molecular weight excluding hydrogens is 469 g/mol. The maximum atomic E-state index is 13.7. The summed E-state index contributed by atoms with van der Waals surface area (Å²) in [5.41, 5.74) is 6.79. The molecule has 2 aromatic carbocycles. The molecule has 0 saturated carbocycles. The van der Waals surface area contributed by atoms with Gasteiger partial charge in [-0.2, -0.15) is 0 Å². The molecule has 0 amide bonds. The van der Waals surface area contributed by atoms with Gasteiger partial charge in [0.1, 0.15) is 29.3 Å². The molecule has 3 heterocycles. The minimum atomic E-state index is -0.801. The van der Waals surface area contributed by atoms with E-state index in [1.54, 1.807) is 6.07 Å². The van der Waals surface area contributed by atoms with Crippen LogP contribution in [-0.4, -0.2) is 24.5 Å². The Bertz CT molecular complexity index is 1550. The van der Waals surface area contributed by atoms with E-state index in [2.05, 4.69) is 19.9 Å². The van der Waals surface area contributed by atoms with Gasteiger partial charge in [-0.1, -0.05) is 31.0 Å². The number of aromatic nitrogens is 5. The number of H-pyrrole nitrogens is 1. The van der Waals surface area contributed by atoms with Crippen LogP contribution in [0.3, 0.4) is 0 Å². The van der Waals surface area contributed by atoms with Crippen molar-refractivity contribution in [1.29, 1.82) is 0 Å². The van der Waals surface area contributed by atoms with Crippen molar-refractivity contribution >= 4 is 39.4 Å². The van der Waals surface area contributed by atoms with E-state index in [9.17, 15) is 18.0 Å². The molecule has 174 valence electrons. The number of fused-ring (bicyclic) bond motifs is 2. The molecule has 0 saturated heterocycles. The van der Waals surface area contributed by atoms with Gasteiger partial charge >= 0.3 is 0 Å². The van der Waals surface area contributed by atoms with Gasteiger partial charge in [-0.25, -0.2) is 28.1 Å². The van der Waals surface area contributed by atoms with Gasteiger partial charge in [0, 0.05) is 11.8 Å². The van der Waals surface area contributed by atoms with E-state index < -0.39 is 23.0 Å². The fourth-order valence-corrected chi connectivity index (χ4v) is 3.82. The summed E-state index contributed by atoms with van der Waals surface area (Å²) in [4.78, 5) is 27.3. The molecule has 0 atom stereocenters. The van der Waals surface area contributed by atoms with E-state index in [1.165, 1.54) is 29.4 Å². The lowest BCUT2D eigenvalue weighted by molar-refractivity contribution is 0.580. The van der Waals surface area contributed by atoms with Crippen molar-refractivity contribution in [2.75, 3.05) is 5.73 Å². The fourth-order valence-electron chi connectivity index (χ4n) is 3.56. The number of aryl methyl sites for hydroxylation is 1. The summed E-state index contributed by atoms with van der Waals surface area (Å²) in [7, 11) is 0. The van der Waals surface area contributed by atoms with Crippen LogP contribution in [0.2, 0.25) is 5.02 Å². The lowest BCUT2D eigenvalue weighted by Gasteiger charge is -2.15. The van der Waals surface area contributed by atoms with E-state index in [4.69, 9.17) is 17.3 Å². The SMILES string of the molecule is CCCc1cc2ccc(F)c(Cl)c2c(=O)n1-c1cc(F)cc(F)c1.Nc1ncnc2nc[nH]c12. The molecular formula is C23H18ClF3N6O. The predicted octanol–water partition coefficient (Wildman–Crippen LogP) is 4.95. The Balaban J connectivity index is 0.000000226. The standard InChI is InChI=1S/C18H13ClF3NO.C5H5N5/c1-2-3-13-6-10-4-5-15(22)17(19)16(10)18(24)23(13)14-8-11(20)7-12(21)9-14;6-4-3-5(9-1-7-3)10-2-8-4/h4-9H,2-3H2,1H3;1-2H,(H3,6,7,8,9,10). The third-order valence-corrected chi connectivity index (χ3v) is 5.39. The van der Waals surface area contributed by atoms with Crippen LogP contribution in [0.4, 0.5) is 19.0 Å². The summed E-state index contributed by atoms with van der Waals surface area (Å²) in [6, 6.07) is 7.18. The highest BCUT2D eigenvalue weighted by atomic mass is 35.5. The molecule has 34 heavy (non-hydrogen) atoms. The number of pyridine rings is 1. The first-order valence-electron chi connectivity index (χ1n) is 10.2. The van der Waals surface area contributed by atoms with Crippen LogP contribution in [-0.2, 0) is 6.42 Å². The lowest BCUT2D eigenvalue weighted by atomic mass is 10.1. The van der Waals surface area contributed by atoms with Gasteiger partial charge in [-0.05, 0) is 36.1 Å². The van der Waals surface area contributed by atoms with Crippen molar-refractivity contribution in [1.82, 2.24) is 24.5 Å². The molecule has 5 aromatic rings. The Morgan fingerprint density at radius 1 is 1.06 bits per heavy atom. The predicted molar refractivity (Wildman–Crippen MR) is 125 cm³/mol. The molecule has 0 aliphatic carbocycles. The molecule has 3 aromatic heterocycles. The van der Waals surface area contributed by atoms with Crippen LogP contribution in [0, 0.1) is 17.5 Å². The number of hydrogen-bond donors (Lipinski definition) is 2. The normalized spacial score (nSPS) is 11.0. The minimum Gasteiger partial charge on any atom is -0.382 e. The number of nitrogens with zero attached hydrogens (tertiary/aromatic N) is 4. The van der Waals surface area contributed by atoms with Crippen molar-refractivity contribution in [2.45, 2.75) is 19.8 Å². The fraction of sp³-hybridized carbons (Fsp3) is 0.130. The number of imidazole rings is 1. The van der Waals surface area contributed by atoms with Gasteiger partial charge in [0.05, 0.1) is 22.4 Å². The smallest absolute Gasteiger partial charge is 0.264 e. The summed E-state index contributed by atoms with van der Waals surface area (Å²) in [6.45, 7) is 1.92. The first-order valence-corrected chi connectivity index (χ1v) is 10.6. The van der Waals surface area contributed by atoms with E-state index >= 15 is 0 Å². The van der Waals surface area contributed by atoms with Crippen molar-refractivity contribution in [3.63, 3.8) is 0 Å². The maximum Gasteiger partial charge on any atom is 0.264 e. The Hall–Kier alpha value is -3.92. The molecule has 0 aliphatic heterocycles. The quantitative estimate of drug-likeness (QED) is 0.375. The summed E-state index contributed by atoms with van der Waals surface area (Å²) in [6.07, 6.45) is 4.16. The largest absolute Gasteiger partial charge is 0.382 e. The van der Waals surface area contributed by atoms with Gasteiger partial charge in [0.2, 0.25) is 0 Å². The van der Waals surface area contributed by atoms with Crippen LogP contribution < -0.4 is 11.3 Å². The van der Waals surface area contributed by atoms with Crippen LogP contribution in [0.15, 0.2) is 53.8 Å². The highest BCUT2D eigenvalue weighted by Gasteiger charge is 2.16. The molecule has 0 bridgehead atoms. The summed E-state index contributed by atoms with van der Waals surface area (Å²) in [5, 5.41) is 0.176. The van der Waals surface area contributed by atoms with Gasteiger partial charge in [0.15, 0.2) is 11.5 Å². The average molecular weight is 487 g/mol. The number of anilines is 1. The van der Waals surface area contributed by atoms with Gasteiger partial charge < -0.3 is 10.7 Å². The Kier molecular flexibility index (Phi) is 6.51. The molecule has 5 rings (SSSR count). The van der Waals surface area contributed by atoms with Crippen molar-refractivity contribution in [2.24, 2.45) is 0 Å². The van der Waals surface area contributed by atoms with Crippen LogP contribution in [0.1, 0.15) is 19.0 Å². The second-order valence-electron chi connectivity index (χ2n) is 7.34. The third-order valence-electron chi connectivity index (χ3n) is 5.02. The zero-order chi connectivity index (χ0) is 24.4. The second-order valence-corrected chi connectivity index (χ2v) is 7.72. The van der Waals surface area contributed by atoms with Gasteiger partial charge in [-0.3, -0.25) is 9.36 Å². The third kappa shape index (κ3) is 4.44. The van der Waals surface area contributed by atoms with Crippen LogP contribution >= 0.6 is 11.6 Å². The number of aromatic amines is 1. The Labute approximate surface area is 196 Å². The number of nitrogens with one attached hydrogen (secondary N) is 1. The van der Waals surface area contributed by atoms with E-state index in [-0.39, 0.29) is 16.1 Å². The highest BCUT2D eigenvalue weighted by Crippen LogP contribution is 2.26. The number of rotatable bonds is 3. The Morgan fingerprint density at radius 2 is 1.79 bits per heavy atom. The zero-order valence-corrected chi connectivity index (χ0v) is 18.6. The number of hydrogen-bond acceptors (Lipinski definition) is 5. The molecule has 0 unspecified atom stereocenters. The first kappa shape index (κ1) is 23.2. The summed E-state index contributed by atoms with van der Waals surface area (Å²) in [5.74, 6) is -1.89. The minimum absolute atomic E-state index is 0.0128. The number of benzene rings is 2. The van der Waals surface area contributed by atoms with Crippen molar-refractivity contribution in [3.05, 3.63) is 87.6 Å². The second kappa shape index (κ2) is 9.52. The average Bonchev–Trinajstić information content (AvgIpc) is 3.27. The molecule has 0 spiro atoms. The molecule has 0 aliphatic rings. The van der Waals surface area contributed by atoms with Gasteiger partial charge in [-0.15, -0.1) is 0 Å². The monoisotopic (exact) mass is 486 g/mol. The van der Waals surface area contributed by atoms with Gasteiger partial charge in [0.25, 0.3) is 5.56 Å². The molecule has 11 heteroatoms. The van der Waals surface area contributed by atoms with Crippen LogP contribution in [0.5, 0.6) is 0 Å². The summed E-state index contributed by atoms with van der Waals surface area (Å²) < 4.78 is 42.1.